The molecule has 0 aromatic heterocycles. The third-order valence-corrected chi connectivity index (χ3v) is 4.84. The summed E-state index contributed by atoms with van der Waals surface area (Å²) in [6.45, 7) is 0. The third-order valence-electron chi connectivity index (χ3n) is 4.84. The first-order chi connectivity index (χ1) is 10.5. The Bertz CT molecular complexity index is 602. The number of carbonyl (C=O) groups is 2. The highest BCUT2D eigenvalue weighted by molar-refractivity contribution is 5.90. The van der Waals surface area contributed by atoms with Gasteiger partial charge in [-0.2, -0.15) is 0 Å². The number of piperidine rings is 1. The van der Waals surface area contributed by atoms with E-state index in [0.717, 1.165) is 12.8 Å². The number of rotatable bonds is 3. The van der Waals surface area contributed by atoms with Crippen molar-refractivity contribution < 1.29 is 24.5 Å². The van der Waals surface area contributed by atoms with Crippen LogP contribution in [0.15, 0.2) is 24.3 Å². The van der Waals surface area contributed by atoms with Crippen molar-refractivity contribution in [3.8, 4) is 5.75 Å². The Morgan fingerprint density at radius 3 is 2.77 bits per heavy atom. The molecule has 1 aromatic rings. The molecule has 2 bridgehead atoms. The summed E-state index contributed by atoms with van der Waals surface area (Å²) in [4.78, 5) is 25.9. The number of nitrogens with zero attached hydrogens (tertiary/aromatic N) is 1. The maximum Gasteiger partial charge on any atom is 0.338 e. The van der Waals surface area contributed by atoms with Gasteiger partial charge in [-0.3, -0.25) is 9.69 Å². The number of fused-ring (bicyclic) bond motifs is 2. The molecule has 4 atom stereocenters. The summed E-state index contributed by atoms with van der Waals surface area (Å²) < 4.78 is 5.48. The topological polar surface area (TPSA) is 87.1 Å². The maximum absolute atomic E-state index is 12.2. The Morgan fingerprint density at radius 2 is 2.09 bits per heavy atom. The largest absolute Gasteiger partial charge is 0.508 e. The van der Waals surface area contributed by atoms with Gasteiger partial charge in [-0.25, -0.2) is 4.79 Å². The van der Waals surface area contributed by atoms with Gasteiger partial charge in [0.2, 0.25) is 0 Å². The van der Waals surface area contributed by atoms with Crippen molar-refractivity contribution in [1.82, 2.24) is 4.90 Å². The molecule has 118 valence electrons. The van der Waals surface area contributed by atoms with E-state index in [0.29, 0.717) is 6.42 Å². The number of aromatic hydroxyl groups is 1. The number of aliphatic carboxylic acids is 1. The van der Waals surface area contributed by atoms with Crippen molar-refractivity contribution in [3.05, 3.63) is 29.8 Å². The van der Waals surface area contributed by atoms with E-state index < -0.39 is 24.0 Å². The van der Waals surface area contributed by atoms with Gasteiger partial charge >= 0.3 is 11.9 Å². The van der Waals surface area contributed by atoms with Crippen LogP contribution < -0.4 is 0 Å². The fourth-order valence-electron chi connectivity index (χ4n) is 3.70. The smallest absolute Gasteiger partial charge is 0.338 e. The van der Waals surface area contributed by atoms with Gasteiger partial charge in [0.15, 0.2) is 0 Å². The van der Waals surface area contributed by atoms with Gasteiger partial charge in [-0.15, -0.1) is 0 Å². The molecule has 2 N–H and O–H groups in total. The van der Waals surface area contributed by atoms with E-state index in [1.807, 2.05) is 7.05 Å². The van der Waals surface area contributed by atoms with Crippen molar-refractivity contribution in [3.63, 3.8) is 0 Å². The average molecular weight is 305 g/mol. The minimum Gasteiger partial charge on any atom is -0.508 e. The minimum absolute atomic E-state index is 0.0207. The predicted molar refractivity (Wildman–Crippen MR) is 77.6 cm³/mol. The van der Waals surface area contributed by atoms with Gasteiger partial charge in [0.1, 0.15) is 17.8 Å². The van der Waals surface area contributed by atoms with Crippen molar-refractivity contribution in [1.29, 1.82) is 0 Å². The molecule has 6 nitrogen and oxygen atoms in total. The van der Waals surface area contributed by atoms with Crippen LogP contribution in [0.2, 0.25) is 0 Å². The van der Waals surface area contributed by atoms with Gasteiger partial charge in [-0.05, 0) is 38.1 Å². The van der Waals surface area contributed by atoms with Crippen LogP contribution in [-0.4, -0.2) is 52.3 Å². The van der Waals surface area contributed by atoms with Gasteiger partial charge in [-0.1, -0.05) is 6.07 Å². The fourth-order valence-corrected chi connectivity index (χ4v) is 3.70. The second kappa shape index (κ2) is 5.61. The van der Waals surface area contributed by atoms with Crippen LogP contribution in [0.3, 0.4) is 0 Å². The summed E-state index contributed by atoms with van der Waals surface area (Å²) in [5, 5.41) is 18.9. The van der Waals surface area contributed by atoms with E-state index in [1.54, 1.807) is 12.1 Å². The number of hydrogen-bond donors (Lipinski definition) is 2. The van der Waals surface area contributed by atoms with Crippen molar-refractivity contribution >= 4 is 11.9 Å². The highest BCUT2D eigenvalue weighted by Crippen LogP contribution is 2.39. The summed E-state index contributed by atoms with van der Waals surface area (Å²) in [5.41, 5.74) is 0.232. The van der Waals surface area contributed by atoms with E-state index in [-0.39, 0.29) is 23.4 Å². The van der Waals surface area contributed by atoms with Crippen LogP contribution in [0.1, 0.15) is 29.6 Å². The molecule has 0 saturated carbocycles. The molecule has 2 fully saturated rings. The number of phenolic OH excluding ortho intramolecular Hbond substituents is 1. The third kappa shape index (κ3) is 2.54. The molecule has 0 spiro atoms. The van der Waals surface area contributed by atoms with Crippen LogP contribution >= 0.6 is 0 Å². The molecule has 2 aliphatic heterocycles. The number of carboxylic acids is 1. The van der Waals surface area contributed by atoms with Gasteiger partial charge in [0.25, 0.3) is 0 Å². The molecule has 1 aromatic carbocycles. The van der Waals surface area contributed by atoms with Crippen LogP contribution in [0.25, 0.3) is 0 Å². The lowest BCUT2D eigenvalue weighted by atomic mass is 9.87. The molecule has 2 heterocycles. The van der Waals surface area contributed by atoms with Crippen molar-refractivity contribution in [2.75, 3.05) is 7.05 Å². The SMILES string of the molecule is CN1[C@H]2CC[C@@H]1[C@H](C(=O)O)[C@H](OC(=O)c1cccc(O)c1)C2. The monoisotopic (exact) mass is 305 g/mol. The molecule has 6 heteroatoms. The van der Waals surface area contributed by atoms with Crippen LogP contribution in [0, 0.1) is 5.92 Å². The van der Waals surface area contributed by atoms with Crippen molar-refractivity contribution in [2.45, 2.75) is 37.5 Å². The molecular weight excluding hydrogens is 286 g/mol. The Hall–Kier alpha value is -2.08. The fraction of sp³-hybridized carbons (Fsp3) is 0.500. The zero-order chi connectivity index (χ0) is 15.9. The van der Waals surface area contributed by atoms with Gasteiger partial charge in [0.05, 0.1) is 5.56 Å². The molecule has 22 heavy (non-hydrogen) atoms. The molecule has 0 amide bonds. The Kier molecular flexibility index (Phi) is 3.78. The number of hydrogen-bond acceptors (Lipinski definition) is 5. The first-order valence-electron chi connectivity index (χ1n) is 7.42. The van der Waals surface area contributed by atoms with Gasteiger partial charge in [0, 0.05) is 18.5 Å². The normalized spacial score (nSPS) is 31.0. The molecule has 3 rings (SSSR count). The second-order valence-electron chi connectivity index (χ2n) is 6.06. The Labute approximate surface area is 128 Å². The predicted octanol–water partition coefficient (Wildman–Crippen LogP) is 1.48. The summed E-state index contributed by atoms with van der Waals surface area (Å²) in [6.07, 6.45) is 1.67. The highest BCUT2D eigenvalue weighted by atomic mass is 16.5. The standard InChI is InChI=1S/C16H19NO5/c1-17-10-5-6-12(17)14(15(19)20)13(8-10)22-16(21)9-3-2-4-11(18)7-9/h2-4,7,10,12-14,18H,5-6,8H2,1H3,(H,19,20)/t10-,12+,13+,14-/m0/s1. The van der Waals surface area contributed by atoms with E-state index in [1.165, 1.54) is 12.1 Å². The maximum atomic E-state index is 12.2. The Morgan fingerprint density at radius 1 is 1.32 bits per heavy atom. The summed E-state index contributed by atoms with van der Waals surface area (Å²) >= 11 is 0. The molecule has 2 aliphatic rings. The lowest BCUT2D eigenvalue weighted by Gasteiger charge is -2.40. The molecule has 2 saturated heterocycles. The lowest BCUT2D eigenvalue weighted by Crippen LogP contribution is -2.53. The van der Waals surface area contributed by atoms with E-state index in [4.69, 9.17) is 4.74 Å². The highest BCUT2D eigenvalue weighted by Gasteiger charge is 2.50. The summed E-state index contributed by atoms with van der Waals surface area (Å²) in [6, 6.07) is 6.06. The van der Waals surface area contributed by atoms with Crippen LogP contribution in [0.4, 0.5) is 0 Å². The zero-order valence-corrected chi connectivity index (χ0v) is 12.3. The van der Waals surface area contributed by atoms with E-state index >= 15 is 0 Å². The minimum atomic E-state index is -0.925. The molecule has 0 aliphatic carbocycles. The van der Waals surface area contributed by atoms with Crippen LogP contribution in [0.5, 0.6) is 5.75 Å². The summed E-state index contributed by atoms with van der Waals surface area (Å²) in [5.74, 6) is -2.24. The second-order valence-corrected chi connectivity index (χ2v) is 6.06. The number of carbonyl (C=O) groups excluding carboxylic acids is 1. The number of benzene rings is 1. The summed E-state index contributed by atoms with van der Waals surface area (Å²) in [7, 11) is 1.94. The molecular formula is C16H19NO5. The average Bonchev–Trinajstić information content (AvgIpc) is 2.71. The number of phenols is 1. The lowest BCUT2D eigenvalue weighted by molar-refractivity contribution is -0.152. The zero-order valence-electron chi connectivity index (χ0n) is 12.3. The number of carboxylic acid groups (broad SMARTS) is 1. The number of ether oxygens (including phenoxy) is 1. The first kappa shape index (κ1) is 14.8. The van der Waals surface area contributed by atoms with E-state index in [2.05, 4.69) is 4.90 Å². The molecule has 0 unspecified atom stereocenters. The van der Waals surface area contributed by atoms with Crippen molar-refractivity contribution in [2.24, 2.45) is 5.92 Å². The number of esters is 1. The quantitative estimate of drug-likeness (QED) is 0.823. The van der Waals surface area contributed by atoms with Gasteiger partial charge < -0.3 is 14.9 Å². The molecule has 0 radical (unpaired) electrons. The van der Waals surface area contributed by atoms with Crippen LogP contribution in [-0.2, 0) is 9.53 Å². The Balaban J connectivity index is 1.79. The van der Waals surface area contributed by atoms with E-state index in [9.17, 15) is 19.8 Å². The first-order valence-corrected chi connectivity index (χ1v) is 7.42.